The van der Waals surface area contributed by atoms with Crippen LogP contribution in [-0.4, -0.2) is 47.3 Å². The molecule has 3 rings (SSSR count). The number of carbonyl (C=O) groups excluding carboxylic acids is 2. The van der Waals surface area contributed by atoms with Gasteiger partial charge in [-0.1, -0.05) is 18.2 Å². The summed E-state index contributed by atoms with van der Waals surface area (Å²) >= 11 is 0. The quantitative estimate of drug-likeness (QED) is 0.665. The highest BCUT2D eigenvalue weighted by Gasteiger charge is 2.18. The molecule has 28 heavy (non-hydrogen) atoms. The van der Waals surface area contributed by atoms with E-state index in [1.165, 1.54) is 6.20 Å². The van der Waals surface area contributed by atoms with Gasteiger partial charge in [-0.05, 0) is 48.4 Å². The zero-order valence-electron chi connectivity index (χ0n) is 15.9. The first-order valence-electron chi connectivity index (χ1n) is 9.00. The first-order valence-corrected chi connectivity index (χ1v) is 9.00. The van der Waals surface area contributed by atoms with E-state index in [0.29, 0.717) is 12.1 Å². The number of rotatable bonds is 6. The molecule has 2 aromatic heterocycles. The highest BCUT2D eigenvalue weighted by molar-refractivity contribution is 6.06. The van der Waals surface area contributed by atoms with E-state index < -0.39 is 0 Å². The maximum absolute atomic E-state index is 12.8. The molecular weight excluding hydrogens is 352 g/mol. The lowest BCUT2D eigenvalue weighted by atomic mass is 10.1. The number of hydrogen-bond donors (Lipinski definition) is 0. The molecule has 6 nitrogen and oxygen atoms in total. The van der Waals surface area contributed by atoms with Gasteiger partial charge in [-0.2, -0.15) is 0 Å². The summed E-state index contributed by atoms with van der Waals surface area (Å²) in [7, 11) is 3.44. The summed E-state index contributed by atoms with van der Waals surface area (Å²) in [6, 6.07) is 16.4. The Balaban J connectivity index is 1.69. The fraction of sp³-hybridized carbons (Fsp3) is 0.182. The van der Waals surface area contributed by atoms with Crippen molar-refractivity contribution in [2.75, 3.05) is 25.5 Å². The molecular formula is C22H22N4O2. The molecule has 0 saturated heterocycles. The average Bonchev–Trinajstić information content (AvgIpc) is 2.77. The van der Waals surface area contributed by atoms with Crippen LogP contribution in [0.2, 0.25) is 0 Å². The van der Waals surface area contributed by atoms with E-state index in [1.807, 2.05) is 42.5 Å². The van der Waals surface area contributed by atoms with Crippen LogP contribution in [0, 0.1) is 0 Å². The van der Waals surface area contributed by atoms with Crippen LogP contribution in [-0.2, 0) is 6.42 Å². The number of para-hydroxylation sites is 1. The van der Waals surface area contributed by atoms with Crippen LogP contribution in [0.4, 0.5) is 5.69 Å². The van der Waals surface area contributed by atoms with Crippen LogP contribution in [0.1, 0.15) is 26.4 Å². The number of aromatic nitrogens is 2. The van der Waals surface area contributed by atoms with Crippen molar-refractivity contribution in [1.29, 1.82) is 0 Å². The van der Waals surface area contributed by atoms with Gasteiger partial charge < -0.3 is 9.80 Å². The summed E-state index contributed by atoms with van der Waals surface area (Å²) in [6.07, 6.45) is 5.68. The van der Waals surface area contributed by atoms with Gasteiger partial charge in [0.05, 0.1) is 0 Å². The fourth-order valence-corrected chi connectivity index (χ4v) is 2.79. The lowest BCUT2D eigenvalue weighted by molar-refractivity contribution is 0.0791. The molecule has 142 valence electrons. The third kappa shape index (κ3) is 4.59. The number of nitrogens with zero attached hydrogens (tertiary/aromatic N) is 4. The maximum atomic E-state index is 12.8. The van der Waals surface area contributed by atoms with Crippen molar-refractivity contribution in [1.82, 2.24) is 14.9 Å². The highest BCUT2D eigenvalue weighted by Crippen LogP contribution is 2.15. The number of likely N-dealkylation sites (N-methyl/N-ethyl adjacent to an activating group) is 1. The van der Waals surface area contributed by atoms with Gasteiger partial charge in [0.15, 0.2) is 0 Å². The van der Waals surface area contributed by atoms with E-state index in [2.05, 4.69) is 9.97 Å². The molecule has 0 spiro atoms. The molecule has 0 aliphatic carbocycles. The third-order valence-corrected chi connectivity index (χ3v) is 4.51. The summed E-state index contributed by atoms with van der Waals surface area (Å²) in [5, 5.41) is 0. The van der Waals surface area contributed by atoms with Crippen molar-refractivity contribution < 1.29 is 9.59 Å². The predicted molar refractivity (Wildman–Crippen MR) is 108 cm³/mol. The average molecular weight is 374 g/mol. The Morgan fingerprint density at radius 1 is 0.893 bits per heavy atom. The van der Waals surface area contributed by atoms with E-state index in [4.69, 9.17) is 0 Å². The number of carbonyl (C=O) groups is 2. The topological polar surface area (TPSA) is 66.4 Å². The van der Waals surface area contributed by atoms with Gasteiger partial charge in [0.2, 0.25) is 0 Å². The maximum Gasteiger partial charge on any atom is 0.272 e. The Bertz CT molecular complexity index is 945. The second kappa shape index (κ2) is 8.90. The molecule has 0 aliphatic heterocycles. The Morgan fingerprint density at radius 3 is 2.32 bits per heavy atom. The third-order valence-electron chi connectivity index (χ3n) is 4.51. The van der Waals surface area contributed by atoms with Crippen molar-refractivity contribution in [3.8, 4) is 0 Å². The lowest BCUT2D eigenvalue weighted by Crippen LogP contribution is -2.30. The van der Waals surface area contributed by atoms with Gasteiger partial charge in [-0.25, -0.2) is 0 Å². The molecule has 0 bridgehead atoms. The highest BCUT2D eigenvalue weighted by atomic mass is 16.2. The van der Waals surface area contributed by atoms with Crippen molar-refractivity contribution in [2.45, 2.75) is 6.42 Å². The van der Waals surface area contributed by atoms with Crippen LogP contribution in [0.3, 0.4) is 0 Å². The first kappa shape index (κ1) is 19.2. The molecule has 2 amide bonds. The molecule has 0 atom stereocenters. The summed E-state index contributed by atoms with van der Waals surface area (Å²) < 4.78 is 0. The Hall–Kier alpha value is -3.54. The summed E-state index contributed by atoms with van der Waals surface area (Å²) in [6.45, 7) is 0.548. The van der Waals surface area contributed by atoms with Crippen LogP contribution < -0.4 is 4.90 Å². The molecule has 6 heteroatoms. The van der Waals surface area contributed by atoms with Crippen molar-refractivity contribution in [3.63, 3.8) is 0 Å². The van der Waals surface area contributed by atoms with Crippen LogP contribution in [0.25, 0.3) is 0 Å². The molecule has 0 saturated carbocycles. The predicted octanol–water partition coefficient (Wildman–Crippen LogP) is 3.07. The largest absolute Gasteiger partial charge is 0.340 e. The molecule has 0 unspecified atom stereocenters. The fourth-order valence-electron chi connectivity index (χ4n) is 2.79. The monoisotopic (exact) mass is 374 g/mol. The SMILES string of the molecule is CN(CCc1ccncc1)C(=O)c1cc(C(=O)N(C)c2ccccc2)ccn1. The number of benzene rings is 1. The van der Waals surface area contributed by atoms with Gasteiger partial charge in [0, 0.05) is 50.5 Å². The molecule has 0 radical (unpaired) electrons. The second-order valence-corrected chi connectivity index (χ2v) is 6.46. The van der Waals surface area contributed by atoms with E-state index in [9.17, 15) is 9.59 Å². The van der Waals surface area contributed by atoms with E-state index >= 15 is 0 Å². The van der Waals surface area contributed by atoms with Gasteiger partial charge in [0.1, 0.15) is 5.69 Å². The Morgan fingerprint density at radius 2 is 1.61 bits per heavy atom. The molecule has 0 N–H and O–H groups in total. The second-order valence-electron chi connectivity index (χ2n) is 6.46. The van der Waals surface area contributed by atoms with Crippen LogP contribution >= 0.6 is 0 Å². The number of pyridine rings is 2. The minimum atomic E-state index is -0.217. The zero-order valence-corrected chi connectivity index (χ0v) is 15.9. The van der Waals surface area contributed by atoms with Gasteiger partial charge in [-0.3, -0.25) is 19.6 Å². The summed E-state index contributed by atoms with van der Waals surface area (Å²) in [5.74, 6) is -0.409. The van der Waals surface area contributed by atoms with E-state index in [-0.39, 0.29) is 17.5 Å². The van der Waals surface area contributed by atoms with E-state index in [0.717, 1.165) is 17.7 Å². The number of anilines is 1. The summed E-state index contributed by atoms with van der Waals surface area (Å²) in [4.78, 5) is 36.8. The number of amides is 2. The molecule has 0 aliphatic rings. The van der Waals surface area contributed by atoms with Gasteiger partial charge in [0.25, 0.3) is 11.8 Å². The standard InChI is InChI=1S/C22H22N4O2/c1-25(15-11-17-8-12-23-13-9-17)22(28)20-16-18(10-14-24-20)21(27)26(2)19-6-4-3-5-7-19/h3-10,12-14,16H,11,15H2,1-2H3. The lowest BCUT2D eigenvalue weighted by Gasteiger charge is -2.19. The first-order chi connectivity index (χ1) is 13.6. The minimum absolute atomic E-state index is 0.193. The van der Waals surface area contributed by atoms with Gasteiger partial charge >= 0.3 is 0 Å². The van der Waals surface area contributed by atoms with Crippen LogP contribution in [0.5, 0.6) is 0 Å². The van der Waals surface area contributed by atoms with Crippen molar-refractivity contribution in [3.05, 3.63) is 90.0 Å². The van der Waals surface area contributed by atoms with Crippen molar-refractivity contribution in [2.24, 2.45) is 0 Å². The normalized spacial score (nSPS) is 10.4. The summed E-state index contributed by atoms with van der Waals surface area (Å²) in [5.41, 5.74) is 2.57. The zero-order chi connectivity index (χ0) is 19.9. The molecule has 2 heterocycles. The molecule has 1 aromatic carbocycles. The van der Waals surface area contributed by atoms with E-state index in [1.54, 1.807) is 48.4 Å². The Labute approximate surface area is 164 Å². The smallest absolute Gasteiger partial charge is 0.272 e. The van der Waals surface area contributed by atoms with Gasteiger partial charge in [-0.15, -0.1) is 0 Å². The van der Waals surface area contributed by atoms with Crippen LogP contribution in [0.15, 0.2) is 73.2 Å². The Kier molecular flexibility index (Phi) is 6.11. The molecule has 3 aromatic rings. The number of hydrogen-bond acceptors (Lipinski definition) is 4. The molecule has 0 fully saturated rings. The van der Waals surface area contributed by atoms with Crippen molar-refractivity contribution >= 4 is 17.5 Å². The minimum Gasteiger partial charge on any atom is -0.340 e.